The van der Waals surface area contributed by atoms with Gasteiger partial charge in [0.15, 0.2) is 0 Å². The molecule has 0 saturated heterocycles. The van der Waals surface area contributed by atoms with Crippen LogP contribution in [0.4, 0.5) is 5.95 Å². The van der Waals surface area contributed by atoms with Crippen molar-refractivity contribution >= 4 is 22.8 Å². The van der Waals surface area contributed by atoms with E-state index < -0.39 is 5.91 Å². The third-order valence-corrected chi connectivity index (χ3v) is 6.22. The predicted molar refractivity (Wildman–Crippen MR) is 129 cm³/mol. The molecule has 1 aliphatic rings. The summed E-state index contributed by atoms with van der Waals surface area (Å²) < 4.78 is 1.76. The van der Waals surface area contributed by atoms with Gasteiger partial charge in [0.1, 0.15) is 5.69 Å². The van der Waals surface area contributed by atoms with Gasteiger partial charge in [-0.3, -0.25) is 19.1 Å². The number of fused-ring (bicyclic) bond motifs is 2. The van der Waals surface area contributed by atoms with E-state index in [9.17, 15) is 9.59 Å². The molecule has 4 heterocycles. The third kappa shape index (κ3) is 3.38. The molecule has 0 fully saturated rings. The van der Waals surface area contributed by atoms with Gasteiger partial charge in [-0.1, -0.05) is 12.1 Å². The molecular formula is C25H26N6O2. The van der Waals surface area contributed by atoms with Crippen LogP contribution in [0.15, 0.2) is 53.6 Å². The second-order valence-electron chi connectivity index (χ2n) is 9.40. The van der Waals surface area contributed by atoms with Crippen molar-refractivity contribution in [3.05, 3.63) is 64.8 Å². The lowest BCUT2D eigenvalue weighted by molar-refractivity contribution is 0.0995. The number of anilines is 1. The number of rotatable bonds is 4. The SMILES string of the molecule is CC(C)N1c2nc(-c3c[nH]c4ccc(-c5ccc(C(N)=O)nc5)cc34)cc(=O)n2CC1(C)C. The van der Waals surface area contributed by atoms with E-state index in [0.717, 1.165) is 27.6 Å². The summed E-state index contributed by atoms with van der Waals surface area (Å²) in [5, 5.41) is 0.955. The van der Waals surface area contributed by atoms with Crippen molar-refractivity contribution in [2.45, 2.75) is 45.8 Å². The quantitative estimate of drug-likeness (QED) is 0.502. The number of hydrogen-bond donors (Lipinski definition) is 2. The first-order chi connectivity index (χ1) is 15.7. The molecule has 0 saturated carbocycles. The van der Waals surface area contributed by atoms with E-state index in [1.165, 1.54) is 0 Å². The summed E-state index contributed by atoms with van der Waals surface area (Å²) in [6.07, 6.45) is 3.53. The molecule has 0 atom stereocenters. The first-order valence-electron chi connectivity index (χ1n) is 10.9. The highest BCUT2D eigenvalue weighted by Crippen LogP contribution is 2.36. The molecule has 0 bridgehead atoms. The topological polar surface area (TPSA) is 110 Å². The Kier molecular flexibility index (Phi) is 4.63. The van der Waals surface area contributed by atoms with Crippen LogP contribution < -0.4 is 16.2 Å². The molecule has 0 radical (unpaired) electrons. The normalized spacial score (nSPS) is 14.8. The number of aromatic amines is 1. The van der Waals surface area contributed by atoms with Gasteiger partial charge in [0.2, 0.25) is 5.95 Å². The van der Waals surface area contributed by atoms with Crippen LogP contribution in [0.25, 0.3) is 33.3 Å². The Hall–Kier alpha value is -3.94. The molecular weight excluding hydrogens is 416 g/mol. The van der Waals surface area contributed by atoms with Gasteiger partial charge in [-0.15, -0.1) is 0 Å². The lowest BCUT2D eigenvalue weighted by atomic mass is 10.0. The van der Waals surface area contributed by atoms with Crippen LogP contribution in [0.2, 0.25) is 0 Å². The molecule has 0 spiro atoms. The van der Waals surface area contributed by atoms with Gasteiger partial charge in [-0.2, -0.15) is 0 Å². The maximum absolute atomic E-state index is 13.0. The maximum atomic E-state index is 13.0. The fourth-order valence-corrected chi connectivity index (χ4v) is 4.85. The van der Waals surface area contributed by atoms with Gasteiger partial charge in [0.05, 0.1) is 17.8 Å². The van der Waals surface area contributed by atoms with E-state index in [0.29, 0.717) is 18.2 Å². The Bertz CT molecular complexity index is 1450. The van der Waals surface area contributed by atoms with Crippen LogP contribution in [-0.2, 0) is 6.54 Å². The molecule has 8 heteroatoms. The fraction of sp³-hybridized carbons (Fsp3) is 0.280. The molecule has 168 valence electrons. The van der Waals surface area contributed by atoms with E-state index >= 15 is 0 Å². The zero-order valence-corrected chi connectivity index (χ0v) is 19.1. The summed E-state index contributed by atoms with van der Waals surface area (Å²) in [6, 6.07) is 11.3. The first-order valence-corrected chi connectivity index (χ1v) is 10.9. The maximum Gasteiger partial charge on any atom is 0.267 e. The summed E-state index contributed by atoms with van der Waals surface area (Å²) in [4.78, 5) is 38.9. The minimum Gasteiger partial charge on any atom is -0.364 e. The average Bonchev–Trinajstić information content (AvgIpc) is 3.30. The second kappa shape index (κ2) is 7.30. The van der Waals surface area contributed by atoms with Crippen molar-refractivity contribution < 1.29 is 4.79 Å². The Labute approximate surface area is 191 Å². The van der Waals surface area contributed by atoms with Crippen LogP contribution in [0.3, 0.4) is 0 Å². The Morgan fingerprint density at radius 3 is 2.58 bits per heavy atom. The molecule has 0 unspecified atom stereocenters. The van der Waals surface area contributed by atoms with Crippen LogP contribution in [0, 0.1) is 0 Å². The van der Waals surface area contributed by atoms with Gasteiger partial charge in [-0.25, -0.2) is 4.98 Å². The number of pyridine rings is 1. The minimum absolute atomic E-state index is 0.0528. The van der Waals surface area contributed by atoms with E-state index in [2.05, 4.69) is 42.6 Å². The number of nitrogens with zero attached hydrogens (tertiary/aromatic N) is 4. The fourth-order valence-electron chi connectivity index (χ4n) is 4.85. The monoisotopic (exact) mass is 442 g/mol. The molecule has 3 N–H and O–H groups in total. The third-order valence-electron chi connectivity index (χ3n) is 6.22. The summed E-state index contributed by atoms with van der Waals surface area (Å²) in [5.41, 5.74) is 9.53. The van der Waals surface area contributed by atoms with Gasteiger partial charge >= 0.3 is 0 Å². The van der Waals surface area contributed by atoms with E-state index in [-0.39, 0.29) is 22.8 Å². The van der Waals surface area contributed by atoms with Crippen molar-refractivity contribution in [2.75, 3.05) is 4.90 Å². The molecule has 1 aliphatic heterocycles. The smallest absolute Gasteiger partial charge is 0.267 e. The number of amides is 1. The average molecular weight is 443 g/mol. The lowest BCUT2D eigenvalue weighted by Crippen LogP contribution is -2.45. The number of primary amides is 1. The number of nitrogens with one attached hydrogen (secondary N) is 1. The summed E-state index contributed by atoms with van der Waals surface area (Å²) >= 11 is 0. The first kappa shape index (κ1) is 20.9. The highest BCUT2D eigenvalue weighted by Gasteiger charge is 2.39. The van der Waals surface area contributed by atoms with Crippen LogP contribution in [0.1, 0.15) is 38.2 Å². The number of aromatic nitrogens is 4. The van der Waals surface area contributed by atoms with Crippen LogP contribution in [-0.4, -0.2) is 37.0 Å². The summed E-state index contributed by atoms with van der Waals surface area (Å²) in [7, 11) is 0. The largest absolute Gasteiger partial charge is 0.364 e. The second-order valence-corrected chi connectivity index (χ2v) is 9.40. The highest BCUT2D eigenvalue weighted by atomic mass is 16.1. The predicted octanol–water partition coefficient (Wildman–Crippen LogP) is 3.56. The van der Waals surface area contributed by atoms with Crippen molar-refractivity contribution in [1.29, 1.82) is 0 Å². The Morgan fingerprint density at radius 1 is 1.15 bits per heavy atom. The van der Waals surface area contributed by atoms with Gasteiger partial charge in [0, 0.05) is 46.5 Å². The number of H-pyrrole nitrogens is 1. The van der Waals surface area contributed by atoms with Gasteiger partial charge < -0.3 is 15.6 Å². The summed E-state index contributed by atoms with van der Waals surface area (Å²) in [6.45, 7) is 9.11. The van der Waals surface area contributed by atoms with Crippen molar-refractivity contribution in [3.8, 4) is 22.4 Å². The lowest BCUT2D eigenvalue weighted by Gasteiger charge is -2.35. The van der Waals surface area contributed by atoms with Crippen molar-refractivity contribution in [1.82, 2.24) is 19.5 Å². The molecule has 5 rings (SSSR count). The molecule has 3 aromatic heterocycles. The number of carbonyl (C=O) groups is 1. The molecule has 4 aromatic rings. The van der Waals surface area contributed by atoms with Gasteiger partial charge in [0.25, 0.3) is 11.5 Å². The zero-order valence-electron chi connectivity index (χ0n) is 19.1. The Morgan fingerprint density at radius 2 is 1.91 bits per heavy atom. The Balaban J connectivity index is 1.63. The number of hydrogen-bond acceptors (Lipinski definition) is 5. The molecule has 0 aliphatic carbocycles. The summed E-state index contributed by atoms with van der Waals surface area (Å²) in [5.74, 6) is 0.145. The van der Waals surface area contributed by atoms with E-state index in [1.807, 2.05) is 30.5 Å². The van der Waals surface area contributed by atoms with Crippen LogP contribution >= 0.6 is 0 Å². The molecule has 33 heavy (non-hydrogen) atoms. The van der Waals surface area contributed by atoms with Crippen molar-refractivity contribution in [3.63, 3.8) is 0 Å². The number of carbonyl (C=O) groups excluding carboxylic acids is 1. The van der Waals surface area contributed by atoms with Crippen LogP contribution in [0.5, 0.6) is 0 Å². The highest BCUT2D eigenvalue weighted by molar-refractivity contribution is 5.97. The standard InChI is InChI=1S/C25H26N6O2/c1-14(2)31-24-29-21(10-22(32)30(24)13-25(31,3)4)18-12-28-19-7-5-15(9-17(18)19)16-6-8-20(23(26)33)27-11-16/h5-12,14,28H,13H2,1-4H3,(H2,26,33). The molecule has 1 aromatic carbocycles. The number of nitrogens with two attached hydrogens (primary N) is 1. The molecule has 1 amide bonds. The van der Waals surface area contributed by atoms with Crippen molar-refractivity contribution in [2.24, 2.45) is 5.73 Å². The number of benzene rings is 1. The van der Waals surface area contributed by atoms with E-state index in [1.54, 1.807) is 22.9 Å². The van der Waals surface area contributed by atoms with Gasteiger partial charge in [-0.05, 0) is 51.5 Å². The molecule has 8 nitrogen and oxygen atoms in total. The van der Waals surface area contributed by atoms with E-state index in [4.69, 9.17) is 10.7 Å². The zero-order chi connectivity index (χ0) is 23.5. The minimum atomic E-state index is -0.558.